The molecule has 0 heterocycles. The quantitative estimate of drug-likeness (QED) is 0.473. The van der Waals surface area contributed by atoms with Gasteiger partial charge in [0.05, 0.1) is 6.10 Å². The topological polar surface area (TPSA) is 29.5 Å². The molecule has 4 aliphatic rings. The number of fused-ring (bicyclic) bond motifs is 5. The molecule has 4 aliphatic carbocycles. The molecule has 0 aromatic heterocycles. The second-order valence-corrected chi connectivity index (χ2v) is 11.0. The number of aliphatic hydroxyl groups is 1. The summed E-state index contributed by atoms with van der Waals surface area (Å²) in [5, 5.41) is 10.2. The van der Waals surface area contributed by atoms with Crippen molar-refractivity contribution in [3.63, 3.8) is 0 Å². The molecule has 0 radical (unpaired) electrons. The van der Waals surface area contributed by atoms with E-state index in [1.807, 2.05) is 7.11 Å². The van der Waals surface area contributed by atoms with E-state index in [1.54, 1.807) is 5.57 Å². The van der Waals surface area contributed by atoms with Crippen LogP contribution in [0.3, 0.4) is 0 Å². The molecule has 0 spiro atoms. The minimum atomic E-state index is -0.0847. The highest BCUT2D eigenvalue weighted by Gasteiger charge is 2.59. The lowest BCUT2D eigenvalue weighted by atomic mass is 9.47. The monoisotopic (exact) mass is 374 g/mol. The lowest BCUT2D eigenvalue weighted by Gasteiger charge is -2.58. The van der Waals surface area contributed by atoms with E-state index in [1.165, 1.54) is 51.4 Å². The van der Waals surface area contributed by atoms with Gasteiger partial charge in [0.1, 0.15) is 0 Å². The van der Waals surface area contributed by atoms with E-state index in [0.717, 1.165) is 49.0 Å². The van der Waals surface area contributed by atoms with Crippen molar-refractivity contribution >= 4 is 0 Å². The van der Waals surface area contributed by atoms with Crippen molar-refractivity contribution < 1.29 is 9.84 Å². The van der Waals surface area contributed by atoms with Crippen LogP contribution < -0.4 is 0 Å². The van der Waals surface area contributed by atoms with Gasteiger partial charge in [-0.05, 0) is 105 Å². The van der Waals surface area contributed by atoms with Crippen LogP contribution >= 0.6 is 0 Å². The zero-order chi connectivity index (χ0) is 19.2. The fourth-order valence-corrected chi connectivity index (χ4v) is 8.37. The lowest BCUT2D eigenvalue weighted by Crippen LogP contribution is -2.50. The highest BCUT2D eigenvalue weighted by Crippen LogP contribution is 2.67. The highest BCUT2D eigenvalue weighted by atomic mass is 16.5. The first-order valence-corrected chi connectivity index (χ1v) is 11.8. The van der Waals surface area contributed by atoms with Gasteiger partial charge < -0.3 is 9.84 Å². The molecule has 4 rings (SSSR count). The van der Waals surface area contributed by atoms with Crippen LogP contribution in [0.2, 0.25) is 0 Å². The summed E-state index contributed by atoms with van der Waals surface area (Å²) in [5.74, 6) is 4.43. The Labute approximate surface area is 167 Å². The molecule has 0 unspecified atom stereocenters. The maximum Gasteiger partial charge on any atom is 0.0577 e. The van der Waals surface area contributed by atoms with Gasteiger partial charge >= 0.3 is 0 Å². The molecule has 0 bridgehead atoms. The Morgan fingerprint density at radius 2 is 1.96 bits per heavy atom. The second kappa shape index (κ2) is 7.48. The number of rotatable bonds is 5. The normalized spacial score (nSPS) is 47.6. The van der Waals surface area contributed by atoms with E-state index >= 15 is 0 Å². The van der Waals surface area contributed by atoms with Gasteiger partial charge in [-0.1, -0.05) is 32.4 Å². The molecule has 0 amide bonds. The zero-order valence-corrected chi connectivity index (χ0v) is 18.2. The number of allylic oxidation sites excluding steroid dienone is 1. The van der Waals surface area contributed by atoms with Gasteiger partial charge in [-0.15, -0.1) is 0 Å². The van der Waals surface area contributed by atoms with Crippen molar-refractivity contribution in [3.05, 3.63) is 11.6 Å². The number of methoxy groups -OCH3 is 1. The lowest BCUT2D eigenvalue weighted by molar-refractivity contribution is -0.0574. The Hall–Kier alpha value is -0.340. The molecule has 0 aromatic rings. The van der Waals surface area contributed by atoms with E-state index < -0.39 is 0 Å². The van der Waals surface area contributed by atoms with Crippen LogP contribution in [0, 0.1) is 40.4 Å². The molecule has 3 fully saturated rings. The van der Waals surface area contributed by atoms with Gasteiger partial charge in [0.2, 0.25) is 0 Å². The summed E-state index contributed by atoms with van der Waals surface area (Å²) in [6.07, 6.45) is 15.2. The van der Waals surface area contributed by atoms with E-state index in [9.17, 15) is 5.11 Å². The van der Waals surface area contributed by atoms with Crippen molar-refractivity contribution in [2.45, 2.75) is 91.1 Å². The standard InChI is InChI=1S/C25H42O2/c1-17(6-5-15-27-4)21-9-10-22-20-8-7-18-16-19(26)11-13-24(18,2)23(20)12-14-25(21,22)3/h7,17,19-23,26H,5-6,8-16H2,1-4H3/t17-,19+,20+,21-,22+,23+,24+,25-/m1/s1. The number of ether oxygens (including phenoxy) is 1. The van der Waals surface area contributed by atoms with Gasteiger partial charge in [-0.25, -0.2) is 0 Å². The van der Waals surface area contributed by atoms with Crippen molar-refractivity contribution in [2.24, 2.45) is 40.4 Å². The van der Waals surface area contributed by atoms with E-state index in [2.05, 4.69) is 26.8 Å². The molecule has 3 saturated carbocycles. The molecule has 27 heavy (non-hydrogen) atoms. The van der Waals surface area contributed by atoms with Crippen molar-refractivity contribution in [3.8, 4) is 0 Å². The molecule has 0 aliphatic heterocycles. The maximum absolute atomic E-state index is 10.2. The van der Waals surface area contributed by atoms with Crippen molar-refractivity contribution in [2.75, 3.05) is 13.7 Å². The molecular weight excluding hydrogens is 332 g/mol. The van der Waals surface area contributed by atoms with Gasteiger partial charge in [-0.2, -0.15) is 0 Å². The number of hydrogen-bond donors (Lipinski definition) is 1. The smallest absolute Gasteiger partial charge is 0.0577 e. The van der Waals surface area contributed by atoms with Crippen LogP contribution in [0.4, 0.5) is 0 Å². The van der Waals surface area contributed by atoms with E-state index in [4.69, 9.17) is 4.74 Å². The highest BCUT2D eigenvalue weighted by molar-refractivity contribution is 5.25. The summed E-state index contributed by atoms with van der Waals surface area (Å²) < 4.78 is 5.30. The molecule has 0 aromatic carbocycles. The average molecular weight is 375 g/mol. The van der Waals surface area contributed by atoms with Crippen LogP contribution in [-0.2, 0) is 4.74 Å². The van der Waals surface area contributed by atoms with Crippen LogP contribution in [-0.4, -0.2) is 24.9 Å². The molecule has 154 valence electrons. The third-order valence-corrected chi connectivity index (χ3v) is 9.85. The third-order valence-electron chi connectivity index (χ3n) is 9.85. The fourth-order valence-electron chi connectivity index (χ4n) is 8.37. The van der Waals surface area contributed by atoms with Gasteiger partial charge in [-0.3, -0.25) is 0 Å². The summed E-state index contributed by atoms with van der Waals surface area (Å²) in [4.78, 5) is 0. The maximum atomic E-state index is 10.2. The second-order valence-electron chi connectivity index (χ2n) is 11.0. The molecule has 2 nitrogen and oxygen atoms in total. The summed E-state index contributed by atoms with van der Waals surface area (Å²) >= 11 is 0. The Morgan fingerprint density at radius 1 is 1.15 bits per heavy atom. The van der Waals surface area contributed by atoms with Gasteiger partial charge in [0.15, 0.2) is 0 Å². The predicted octanol–water partition coefficient (Wildman–Crippen LogP) is 5.99. The summed E-state index contributed by atoms with van der Waals surface area (Å²) in [7, 11) is 1.83. The number of hydrogen-bond acceptors (Lipinski definition) is 2. The third kappa shape index (κ3) is 3.23. The summed E-state index contributed by atoms with van der Waals surface area (Å²) in [6.45, 7) is 8.64. The first-order valence-electron chi connectivity index (χ1n) is 11.8. The largest absolute Gasteiger partial charge is 0.393 e. The Balaban J connectivity index is 1.52. The zero-order valence-electron chi connectivity index (χ0n) is 18.2. The molecule has 0 saturated heterocycles. The summed E-state index contributed by atoms with van der Waals surface area (Å²) in [6, 6.07) is 0. The summed E-state index contributed by atoms with van der Waals surface area (Å²) in [5.41, 5.74) is 2.54. The first kappa shape index (κ1) is 20.0. The average Bonchev–Trinajstić information content (AvgIpc) is 3.00. The molecular formula is C25H42O2. The van der Waals surface area contributed by atoms with Crippen LogP contribution in [0.25, 0.3) is 0 Å². The molecule has 2 heteroatoms. The Morgan fingerprint density at radius 3 is 2.74 bits per heavy atom. The van der Waals surface area contributed by atoms with Crippen LogP contribution in [0.1, 0.15) is 85.0 Å². The first-order chi connectivity index (χ1) is 12.9. The SMILES string of the molecule is COCCC[C@@H](C)[C@H]1CC[C@H]2[C@@H]3CC=C4C[C@@H](O)CC[C@]4(C)[C@H]3CC[C@]12C. The van der Waals surface area contributed by atoms with Crippen molar-refractivity contribution in [1.82, 2.24) is 0 Å². The predicted molar refractivity (Wildman–Crippen MR) is 111 cm³/mol. The number of aliphatic hydroxyl groups excluding tert-OH is 1. The van der Waals surface area contributed by atoms with Crippen molar-refractivity contribution in [1.29, 1.82) is 0 Å². The van der Waals surface area contributed by atoms with Crippen LogP contribution in [0.15, 0.2) is 11.6 Å². The van der Waals surface area contributed by atoms with Gasteiger partial charge in [0.25, 0.3) is 0 Å². The van der Waals surface area contributed by atoms with Crippen LogP contribution in [0.5, 0.6) is 0 Å². The van der Waals surface area contributed by atoms with E-state index in [0.29, 0.717) is 10.8 Å². The van der Waals surface area contributed by atoms with E-state index in [-0.39, 0.29) is 6.10 Å². The molecule has 8 atom stereocenters. The van der Waals surface area contributed by atoms with Gasteiger partial charge in [0, 0.05) is 13.7 Å². The Bertz CT molecular complexity index is 569. The minimum absolute atomic E-state index is 0.0847. The minimum Gasteiger partial charge on any atom is -0.393 e. The fraction of sp³-hybridized carbons (Fsp3) is 0.920. The molecule has 1 N–H and O–H groups in total. The Kier molecular flexibility index (Phi) is 5.53.